The van der Waals surface area contributed by atoms with Crippen molar-refractivity contribution in [3.05, 3.63) is 53.6 Å². The summed E-state index contributed by atoms with van der Waals surface area (Å²) < 4.78 is 45.0. The van der Waals surface area contributed by atoms with Gasteiger partial charge in [0.25, 0.3) is 0 Å². The van der Waals surface area contributed by atoms with E-state index >= 15 is 0 Å². The molecule has 0 N–H and O–H groups in total. The second kappa shape index (κ2) is 8.34. The van der Waals surface area contributed by atoms with Crippen molar-refractivity contribution in [2.75, 3.05) is 27.4 Å². The Labute approximate surface area is 172 Å². The number of ether oxygens (including phenoxy) is 3. The molecular formula is C22H27NO5S. The molecule has 7 heteroatoms. The van der Waals surface area contributed by atoms with E-state index in [-0.39, 0.29) is 12.0 Å². The van der Waals surface area contributed by atoms with Gasteiger partial charge in [0.05, 0.1) is 19.1 Å². The van der Waals surface area contributed by atoms with Crippen LogP contribution in [0, 0.1) is 5.92 Å². The molecule has 0 saturated carbocycles. The van der Waals surface area contributed by atoms with E-state index in [1.54, 1.807) is 42.8 Å². The normalized spacial score (nSPS) is 20.8. The first-order chi connectivity index (χ1) is 14.0. The highest BCUT2D eigenvalue weighted by molar-refractivity contribution is 7.89. The summed E-state index contributed by atoms with van der Waals surface area (Å²) in [5, 5.41) is 0. The molecule has 4 rings (SSSR count). The first-order valence-electron chi connectivity index (χ1n) is 9.92. The molecule has 0 radical (unpaired) electrons. The van der Waals surface area contributed by atoms with E-state index in [2.05, 4.69) is 0 Å². The molecule has 1 fully saturated rings. The number of hydrogen-bond donors (Lipinski definition) is 0. The van der Waals surface area contributed by atoms with E-state index in [0.717, 1.165) is 24.2 Å². The number of nitrogens with zero attached hydrogens (tertiary/aromatic N) is 1. The molecule has 29 heavy (non-hydrogen) atoms. The summed E-state index contributed by atoms with van der Waals surface area (Å²) in [5.41, 5.74) is 2.20. The van der Waals surface area contributed by atoms with Gasteiger partial charge in [-0.15, -0.1) is 0 Å². The van der Waals surface area contributed by atoms with Crippen LogP contribution in [0.25, 0.3) is 0 Å². The topological polar surface area (TPSA) is 65.1 Å². The van der Waals surface area contributed by atoms with Crippen molar-refractivity contribution >= 4 is 10.0 Å². The van der Waals surface area contributed by atoms with Gasteiger partial charge in [0.15, 0.2) is 0 Å². The zero-order chi connectivity index (χ0) is 20.4. The molecule has 2 aromatic rings. The summed E-state index contributed by atoms with van der Waals surface area (Å²) in [6.07, 6.45) is 2.43. The van der Waals surface area contributed by atoms with Gasteiger partial charge in [-0.05, 0) is 72.7 Å². The largest absolute Gasteiger partial charge is 0.497 e. The predicted molar refractivity (Wildman–Crippen MR) is 110 cm³/mol. The van der Waals surface area contributed by atoms with E-state index < -0.39 is 10.0 Å². The van der Waals surface area contributed by atoms with E-state index in [9.17, 15) is 8.42 Å². The maximum Gasteiger partial charge on any atom is 0.243 e. The zero-order valence-electron chi connectivity index (χ0n) is 16.8. The van der Waals surface area contributed by atoms with Crippen molar-refractivity contribution in [1.29, 1.82) is 0 Å². The molecule has 1 unspecified atom stereocenters. The summed E-state index contributed by atoms with van der Waals surface area (Å²) in [7, 11) is -0.415. The van der Waals surface area contributed by atoms with Crippen molar-refractivity contribution in [1.82, 2.24) is 4.31 Å². The zero-order valence-corrected chi connectivity index (χ0v) is 17.7. The van der Waals surface area contributed by atoms with E-state index in [0.29, 0.717) is 36.8 Å². The van der Waals surface area contributed by atoms with Crippen molar-refractivity contribution in [3.8, 4) is 11.5 Å². The highest BCUT2D eigenvalue weighted by Crippen LogP contribution is 2.37. The van der Waals surface area contributed by atoms with Crippen LogP contribution >= 0.6 is 0 Å². The van der Waals surface area contributed by atoms with E-state index in [4.69, 9.17) is 14.2 Å². The minimum atomic E-state index is -3.64. The molecule has 1 saturated heterocycles. The van der Waals surface area contributed by atoms with Crippen LogP contribution in [0.15, 0.2) is 47.4 Å². The fourth-order valence-corrected chi connectivity index (χ4v) is 6.00. The summed E-state index contributed by atoms with van der Waals surface area (Å²) in [5.74, 6) is 1.72. The third kappa shape index (κ3) is 3.99. The molecule has 0 aromatic heterocycles. The number of methoxy groups -OCH3 is 2. The summed E-state index contributed by atoms with van der Waals surface area (Å²) in [6.45, 7) is 1.74. The van der Waals surface area contributed by atoms with Crippen molar-refractivity contribution in [3.63, 3.8) is 0 Å². The quantitative estimate of drug-likeness (QED) is 0.747. The minimum absolute atomic E-state index is 0.0920. The predicted octanol–water partition coefficient (Wildman–Crippen LogP) is 3.25. The van der Waals surface area contributed by atoms with Gasteiger partial charge in [-0.1, -0.05) is 6.07 Å². The third-order valence-corrected chi connectivity index (χ3v) is 7.90. The van der Waals surface area contributed by atoms with Crippen LogP contribution < -0.4 is 9.47 Å². The van der Waals surface area contributed by atoms with Crippen LogP contribution in [0.3, 0.4) is 0 Å². The highest BCUT2D eigenvalue weighted by Gasteiger charge is 2.40. The van der Waals surface area contributed by atoms with Crippen molar-refractivity contribution in [2.45, 2.75) is 36.7 Å². The second-order valence-corrected chi connectivity index (χ2v) is 9.47. The first kappa shape index (κ1) is 20.2. The molecule has 0 spiro atoms. The maximum absolute atomic E-state index is 13.6. The number of benzene rings is 2. The Bertz CT molecular complexity index is 952. The lowest BCUT2D eigenvalue weighted by Gasteiger charge is -2.41. The third-order valence-electron chi connectivity index (χ3n) is 6.01. The minimum Gasteiger partial charge on any atom is -0.497 e. The Morgan fingerprint density at radius 1 is 0.931 bits per heavy atom. The van der Waals surface area contributed by atoms with Gasteiger partial charge in [0, 0.05) is 25.8 Å². The number of sulfonamides is 1. The van der Waals surface area contributed by atoms with Gasteiger partial charge in [-0.25, -0.2) is 8.42 Å². The van der Waals surface area contributed by atoms with Crippen LogP contribution in [0.1, 0.15) is 24.0 Å². The first-order valence-corrected chi connectivity index (χ1v) is 11.4. The van der Waals surface area contributed by atoms with Crippen LogP contribution in [-0.2, 0) is 27.7 Å². The Hall–Kier alpha value is -2.09. The van der Waals surface area contributed by atoms with E-state index in [1.165, 1.54) is 5.56 Å². The van der Waals surface area contributed by atoms with Gasteiger partial charge in [-0.2, -0.15) is 4.31 Å². The van der Waals surface area contributed by atoms with Crippen molar-refractivity contribution < 1.29 is 22.6 Å². The summed E-state index contributed by atoms with van der Waals surface area (Å²) in [6, 6.07) is 12.5. The molecule has 0 aliphatic carbocycles. The van der Waals surface area contributed by atoms with Gasteiger partial charge in [0.1, 0.15) is 11.5 Å². The lowest BCUT2D eigenvalue weighted by atomic mass is 9.84. The molecule has 2 heterocycles. The van der Waals surface area contributed by atoms with Crippen LogP contribution in [-0.4, -0.2) is 46.2 Å². The van der Waals surface area contributed by atoms with Gasteiger partial charge in [-0.3, -0.25) is 0 Å². The van der Waals surface area contributed by atoms with Crippen LogP contribution in [0.4, 0.5) is 0 Å². The molecule has 2 aliphatic heterocycles. The summed E-state index contributed by atoms with van der Waals surface area (Å²) >= 11 is 0. The molecule has 1 atom stereocenters. The van der Waals surface area contributed by atoms with Crippen LogP contribution in [0.2, 0.25) is 0 Å². The Kier molecular flexibility index (Phi) is 5.81. The fraction of sp³-hybridized carbons (Fsp3) is 0.455. The molecule has 6 nitrogen and oxygen atoms in total. The standard InChI is InChI=1S/C22H27NO5S/c1-26-19-5-7-21(8-6-19)29(24,25)23-15-17-3-4-20(27-2)13-18(17)14-22(23)16-9-11-28-12-10-16/h3-8,13,16,22H,9-12,14-15H2,1-2H3. The Morgan fingerprint density at radius 2 is 1.59 bits per heavy atom. The molecule has 2 aliphatic rings. The lowest BCUT2D eigenvalue weighted by Crippen LogP contribution is -2.49. The lowest BCUT2D eigenvalue weighted by molar-refractivity contribution is 0.0389. The molecule has 156 valence electrons. The maximum atomic E-state index is 13.6. The number of hydrogen-bond acceptors (Lipinski definition) is 5. The van der Waals surface area contributed by atoms with Gasteiger partial charge < -0.3 is 14.2 Å². The van der Waals surface area contributed by atoms with Gasteiger partial charge in [0.2, 0.25) is 10.0 Å². The number of fused-ring (bicyclic) bond motifs is 1. The monoisotopic (exact) mass is 417 g/mol. The molecule has 0 bridgehead atoms. The Balaban J connectivity index is 1.72. The fourth-order valence-electron chi connectivity index (χ4n) is 4.33. The van der Waals surface area contributed by atoms with Crippen molar-refractivity contribution in [2.24, 2.45) is 5.92 Å². The average molecular weight is 418 g/mol. The highest BCUT2D eigenvalue weighted by atomic mass is 32.2. The SMILES string of the molecule is COc1ccc(S(=O)(=O)N2Cc3ccc(OC)cc3CC2C2CCOCC2)cc1. The number of rotatable bonds is 5. The molecular weight excluding hydrogens is 390 g/mol. The van der Waals surface area contributed by atoms with Crippen LogP contribution in [0.5, 0.6) is 11.5 Å². The molecule has 2 aromatic carbocycles. The summed E-state index contributed by atoms with van der Waals surface area (Å²) in [4.78, 5) is 0.298. The van der Waals surface area contributed by atoms with Gasteiger partial charge >= 0.3 is 0 Å². The Morgan fingerprint density at radius 3 is 2.24 bits per heavy atom. The second-order valence-electron chi connectivity index (χ2n) is 7.58. The molecule has 0 amide bonds. The average Bonchev–Trinajstić information content (AvgIpc) is 2.78. The van der Waals surface area contributed by atoms with E-state index in [1.807, 2.05) is 18.2 Å². The smallest absolute Gasteiger partial charge is 0.243 e.